The lowest BCUT2D eigenvalue weighted by atomic mass is 10.1. The van der Waals surface area contributed by atoms with Crippen LogP contribution in [-0.4, -0.2) is 4.90 Å². The zero-order valence-electron chi connectivity index (χ0n) is 10.5. The molecule has 92 valence electrons. The molecule has 0 amide bonds. The van der Waals surface area contributed by atoms with E-state index in [9.17, 15) is 0 Å². The van der Waals surface area contributed by atoms with E-state index < -0.39 is 0 Å². The molecule has 1 aliphatic rings. The maximum atomic E-state index is 3.52. The third-order valence-corrected chi connectivity index (χ3v) is 4.10. The van der Waals surface area contributed by atoms with E-state index >= 15 is 0 Å². The first-order valence-corrected chi connectivity index (χ1v) is 7.06. The number of benzene rings is 2. The largest absolute Gasteiger partial charge is 0.291 e. The van der Waals surface area contributed by atoms with E-state index in [2.05, 4.69) is 70.2 Å². The molecule has 0 spiro atoms. The van der Waals surface area contributed by atoms with E-state index in [1.54, 1.807) is 0 Å². The van der Waals surface area contributed by atoms with Crippen molar-refractivity contribution in [1.82, 2.24) is 4.90 Å². The molecule has 1 nitrogen and oxygen atoms in total. The molecule has 2 aromatic carbocycles. The lowest BCUT2D eigenvalue weighted by Crippen LogP contribution is -2.16. The number of aryl methyl sites for hydroxylation is 1. The summed E-state index contributed by atoms with van der Waals surface area (Å²) in [6.07, 6.45) is 0. The van der Waals surface area contributed by atoms with Crippen molar-refractivity contribution in [2.45, 2.75) is 26.6 Å². The van der Waals surface area contributed by atoms with Crippen LogP contribution < -0.4 is 0 Å². The zero-order chi connectivity index (χ0) is 12.5. The fourth-order valence-corrected chi connectivity index (χ4v) is 3.07. The molecule has 0 aliphatic carbocycles. The van der Waals surface area contributed by atoms with Crippen LogP contribution in [-0.2, 0) is 19.6 Å². The van der Waals surface area contributed by atoms with Crippen LogP contribution in [0.15, 0.2) is 46.9 Å². The van der Waals surface area contributed by atoms with Crippen LogP contribution in [0.3, 0.4) is 0 Å². The topological polar surface area (TPSA) is 3.24 Å². The van der Waals surface area contributed by atoms with Crippen LogP contribution in [0.1, 0.15) is 22.3 Å². The van der Waals surface area contributed by atoms with Gasteiger partial charge in [0.15, 0.2) is 0 Å². The fourth-order valence-electron chi connectivity index (χ4n) is 2.59. The summed E-state index contributed by atoms with van der Waals surface area (Å²) in [4.78, 5) is 2.50. The highest BCUT2D eigenvalue weighted by atomic mass is 79.9. The van der Waals surface area contributed by atoms with Crippen molar-refractivity contribution in [3.63, 3.8) is 0 Å². The first-order chi connectivity index (χ1) is 8.72. The Morgan fingerprint density at radius 3 is 2.33 bits per heavy atom. The number of hydrogen-bond donors (Lipinski definition) is 0. The van der Waals surface area contributed by atoms with Crippen molar-refractivity contribution < 1.29 is 0 Å². The van der Waals surface area contributed by atoms with Gasteiger partial charge in [-0.05, 0) is 41.3 Å². The van der Waals surface area contributed by atoms with Gasteiger partial charge in [-0.3, -0.25) is 4.90 Å². The SMILES string of the molecule is Cc1cc(Br)ccc1CN1Cc2ccccc2C1. The summed E-state index contributed by atoms with van der Waals surface area (Å²) in [5.41, 5.74) is 5.74. The van der Waals surface area contributed by atoms with Crippen molar-refractivity contribution in [2.24, 2.45) is 0 Å². The second kappa shape index (κ2) is 4.87. The molecule has 0 saturated heterocycles. The number of nitrogens with zero attached hydrogens (tertiary/aromatic N) is 1. The molecule has 0 aromatic heterocycles. The molecular formula is C16H16BrN. The van der Waals surface area contributed by atoms with Gasteiger partial charge in [-0.25, -0.2) is 0 Å². The quantitative estimate of drug-likeness (QED) is 0.800. The second-order valence-corrected chi connectivity index (χ2v) is 5.90. The Morgan fingerprint density at radius 1 is 1.06 bits per heavy atom. The third-order valence-electron chi connectivity index (χ3n) is 3.60. The zero-order valence-corrected chi connectivity index (χ0v) is 12.1. The van der Waals surface area contributed by atoms with Crippen LogP contribution in [0, 0.1) is 6.92 Å². The molecule has 3 rings (SSSR count). The van der Waals surface area contributed by atoms with Crippen LogP contribution in [0.2, 0.25) is 0 Å². The Hall–Kier alpha value is -1.12. The molecule has 0 N–H and O–H groups in total. The first kappa shape index (κ1) is 11.9. The van der Waals surface area contributed by atoms with Crippen molar-refractivity contribution >= 4 is 15.9 Å². The van der Waals surface area contributed by atoms with Gasteiger partial charge in [0.2, 0.25) is 0 Å². The van der Waals surface area contributed by atoms with Gasteiger partial charge in [0.1, 0.15) is 0 Å². The van der Waals surface area contributed by atoms with E-state index in [0.717, 1.165) is 24.1 Å². The predicted octanol–water partition coefficient (Wildman–Crippen LogP) is 4.27. The van der Waals surface area contributed by atoms with Gasteiger partial charge >= 0.3 is 0 Å². The van der Waals surface area contributed by atoms with Gasteiger partial charge in [-0.1, -0.05) is 46.3 Å². The summed E-state index contributed by atoms with van der Waals surface area (Å²) >= 11 is 3.52. The van der Waals surface area contributed by atoms with Gasteiger partial charge < -0.3 is 0 Å². The smallest absolute Gasteiger partial charge is 0.0244 e. The van der Waals surface area contributed by atoms with E-state index in [4.69, 9.17) is 0 Å². The van der Waals surface area contributed by atoms with Crippen molar-refractivity contribution in [2.75, 3.05) is 0 Å². The summed E-state index contributed by atoms with van der Waals surface area (Å²) in [6, 6.07) is 15.3. The molecule has 1 heterocycles. The lowest BCUT2D eigenvalue weighted by Gasteiger charge is -2.16. The molecule has 0 bridgehead atoms. The van der Waals surface area contributed by atoms with Gasteiger partial charge in [0, 0.05) is 24.1 Å². The second-order valence-electron chi connectivity index (χ2n) is 4.98. The summed E-state index contributed by atoms with van der Waals surface area (Å²) in [5.74, 6) is 0. The Bertz CT molecular complexity index is 552. The van der Waals surface area contributed by atoms with E-state index in [1.807, 2.05) is 0 Å². The molecule has 0 saturated carbocycles. The molecular weight excluding hydrogens is 286 g/mol. The minimum Gasteiger partial charge on any atom is -0.291 e. The molecule has 0 radical (unpaired) electrons. The van der Waals surface area contributed by atoms with Crippen molar-refractivity contribution in [3.8, 4) is 0 Å². The maximum Gasteiger partial charge on any atom is 0.0244 e. The van der Waals surface area contributed by atoms with E-state index in [-0.39, 0.29) is 0 Å². The normalized spacial score (nSPS) is 14.8. The number of hydrogen-bond acceptors (Lipinski definition) is 1. The minimum atomic E-state index is 1.04. The first-order valence-electron chi connectivity index (χ1n) is 6.26. The number of rotatable bonds is 2. The highest BCUT2D eigenvalue weighted by Crippen LogP contribution is 2.25. The van der Waals surface area contributed by atoms with Crippen LogP contribution in [0.25, 0.3) is 0 Å². The molecule has 0 unspecified atom stereocenters. The third kappa shape index (κ3) is 2.36. The molecule has 0 atom stereocenters. The Labute approximate surface area is 117 Å². The van der Waals surface area contributed by atoms with Crippen LogP contribution in [0.4, 0.5) is 0 Å². The van der Waals surface area contributed by atoms with Gasteiger partial charge in [0.25, 0.3) is 0 Å². The molecule has 18 heavy (non-hydrogen) atoms. The van der Waals surface area contributed by atoms with Crippen LogP contribution in [0.5, 0.6) is 0 Å². The summed E-state index contributed by atoms with van der Waals surface area (Å²) < 4.78 is 1.16. The maximum absolute atomic E-state index is 3.52. The minimum absolute atomic E-state index is 1.04. The predicted molar refractivity (Wildman–Crippen MR) is 78.3 cm³/mol. The highest BCUT2D eigenvalue weighted by Gasteiger charge is 2.18. The Kier molecular flexibility index (Phi) is 3.23. The standard InChI is InChI=1S/C16H16BrN/c1-12-8-16(17)7-6-13(12)9-18-10-14-4-2-3-5-15(14)11-18/h2-8H,9-11H2,1H3. The highest BCUT2D eigenvalue weighted by molar-refractivity contribution is 9.10. The van der Waals surface area contributed by atoms with E-state index in [0.29, 0.717) is 0 Å². The Balaban J connectivity index is 1.76. The average Bonchev–Trinajstić information content (AvgIpc) is 2.75. The average molecular weight is 302 g/mol. The molecule has 2 aromatic rings. The van der Waals surface area contributed by atoms with E-state index in [1.165, 1.54) is 22.3 Å². The summed E-state index contributed by atoms with van der Waals surface area (Å²) in [7, 11) is 0. The van der Waals surface area contributed by atoms with Crippen LogP contribution >= 0.6 is 15.9 Å². The fraction of sp³-hybridized carbons (Fsp3) is 0.250. The van der Waals surface area contributed by atoms with Crippen molar-refractivity contribution in [3.05, 3.63) is 69.2 Å². The van der Waals surface area contributed by atoms with Gasteiger partial charge in [-0.2, -0.15) is 0 Å². The van der Waals surface area contributed by atoms with Crippen molar-refractivity contribution in [1.29, 1.82) is 0 Å². The Morgan fingerprint density at radius 2 is 1.72 bits per heavy atom. The lowest BCUT2D eigenvalue weighted by molar-refractivity contribution is 0.275. The number of fused-ring (bicyclic) bond motifs is 1. The van der Waals surface area contributed by atoms with Gasteiger partial charge in [0.05, 0.1) is 0 Å². The monoisotopic (exact) mass is 301 g/mol. The summed E-state index contributed by atoms with van der Waals surface area (Å²) in [6.45, 7) is 5.37. The molecule has 1 aliphatic heterocycles. The molecule has 2 heteroatoms. The summed E-state index contributed by atoms with van der Waals surface area (Å²) in [5, 5.41) is 0. The molecule has 0 fully saturated rings. The van der Waals surface area contributed by atoms with Gasteiger partial charge in [-0.15, -0.1) is 0 Å². The number of halogens is 1.